The predicted octanol–water partition coefficient (Wildman–Crippen LogP) is 1.50. The Morgan fingerprint density at radius 3 is 2.54 bits per heavy atom. The molecule has 9 nitrogen and oxygen atoms in total. The highest BCUT2D eigenvalue weighted by Gasteiger charge is 2.66. The van der Waals surface area contributed by atoms with Crippen molar-refractivity contribution in [2.24, 2.45) is 5.92 Å². The van der Waals surface area contributed by atoms with Crippen LogP contribution in [0.3, 0.4) is 0 Å². The zero-order valence-electron chi connectivity index (χ0n) is 19.9. The number of thioether (sulfide) groups is 1. The van der Waals surface area contributed by atoms with Gasteiger partial charge in [-0.3, -0.25) is 9.59 Å². The number of aliphatic hydroxyl groups excluding tert-OH is 1. The average Bonchev–Trinajstić information content (AvgIpc) is 3.11. The van der Waals surface area contributed by atoms with Gasteiger partial charge in [0.25, 0.3) is 17.5 Å². The lowest BCUT2D eigenvalue weighted by molar-refractivity contribution is -0.247. The maximum Gasteiger partial charge on any atom is 0.278 e. The van der Waals surface area contributed by atoms with Crippen LogP contribution in [0.5, 0.6) is 0 Å². The van der Waals surface area contributed by atoms with Crippen LogP contribution < -0.4 is 10.6 Å². The molecule has 4 aliphatic rings. The second-order valence-corrected chi connectivity index (χ2v) is 11.1. The van der Waals surface area contributed by atoms with Crippen molar-refractivity contribution < 1.29 is 34.0 Å². The summed E-state index contributed by atoms with van der Waals surface area (Å²) in [6.07, 6.45) is -1.30. The van der Waals surface area contributed by atoms with Crippen molar-refractivity contribution in [3.8, 4) is 0 Å². The van der Waals surface area contributed by atoms with Gasteiger partial charge in [-0.15, -0.1) is 11.8 Å². The summed E-state index contributed by atoms with van der Waals surface area (Å²) < 4.78 is 17.4. The minimum absolute atomic E-state index is 0.00993. The van der Waals surface area contributed by atoms with Crippen molar-refractivity contribution in [1.82, 2.24) is 10.6 Å². The third kappa shape index (κ3) is 4.02. The minimum Gasteiger partial charge on any atom is -0.384 e. The number of fused-ring (bicyclic) bond motifs is 6. The summed E-state index contributed by atoms with van der Waals surface area (Å²) >= 11 is 1.50. The van der Waals surface area contributed by atoms with Crippen molar-refractivity contribution in [1.29, 1.82) is 0 Å². The van der Waals surface area contributed by atoms with Crippen molar-refractivity contribution in [2.75, 3.05) is 19.0 Å². The molecule has 5 atom stereocenters. The third-order valence-electron chi connectivity index (χ3n) is 7.01. The predicted molar refractivity (Wildman–Crippen MR) is 128 cm³/mol. The fourth-order valence-corrected chi connectivity index (χ4v) is 6.40. The molecule has 2 amide bonds. The van der Waals surface area contributed by atoms with Gasteiger partial charge < -0.3 is 35.1 Å². The van der Waals surface area contributed by atoms with Crippen LogP contribution in [0.2, 0.25) is 0 Å². The smallest absolute Gasteiger partial charge is 0.278 e. The minimum atomic E-state index is -2.14. The molecule has 10 heteroatoms. The quantitative estimate of drug-likeness (QED) is 0.453. The third-order valence-corrected chi connectivity index (χ3v) is 8.25. The highest BCUT2D eigenvalue weighted by Crippen LogP contribution is 2.41. The van der Waals surface area contributed by atoms with E-state index in [1.165, 1.54) is 11.8 Å². The average molecular weight is 503 g/mol. The fraction of sp³-hybridized carbons (Fsp3) is 0.520. The lowest BCUT2D eigenvalue weighted by Gasteiger charge is -2.51. The van der Waals surface area contributed by atoms with Gasteiger partial charge in [0.15, 0.2) is 5.79 Å². The van der Waals surface area contributed by atoms with E-state index in [1.807, 2.05) is 42.5 Å². The molecule has 4 fully saturated rings. The van der Waals surface area contributed by atoms with Gasteiger partial charge in [0, 0.05) is 16.6 Å². The lowest BCUT2D eigenvalue weighted by atomic mass is 9.83. The number of aliphatic hydroxyl groups is 2. The Morgan fingerprint density at radius 1 is 1.06 bits per heavy atom. The molecule has 0 saturated carbocycles. The highest BCUT2D eigenvalue weighted by atomic mass is 32.2. The Balaban J connectivity index is 1.38. The number of benzene rings is 2. The van der Waals surface area contributed by atoms with Gasteiger partial charge in [-0.05, 0) is 44.0 Å². The molecule has 4 saturated heterocycles. The van der Waals surface area contributed by atoms with Gasteiger partial charge in [0.2, 0.25) is 5.72 Å². The Bertz CT molecular complexity index is 1170. The number of amides is 2. The molecule has 2 aromatic carbocycles. The first-order chi connectivity index (χ1) is 16.5. The van der Waals surface area contributed by atoms with E-state index >= 15 is 0 Å². The summed E-state index contributed by atoms with van der Waals surface area (Å²) in [5.41, 5.74) is -5.59. The SMILES string of the molecule is CC1(C)OC[C@@](C)([C@H](O)[C@@]23NC(=O)[C@@](O)(NC2=O)C(CSc2cccc4ccccc24)CCO3)O1. The summed E-state index contributed by atoms with van der Waals surface area (Å²) in [4.78, 5) is 27.6. The van der Waals surface area contributed by atoms with Gasteiger partial charge in [-0.2, -0.15) is 0 Å². The van der Waals surface area contributed by atoms with Gasteiger partial charge in [-0.1, -0.05) is 36.4 Å². The molecule has 4 heterocycles. The van der Waals surface area contributed by atoms with E-state index in [0.29, 0.717) is 5.75 Å². The lowest BCUT2D eigenvalue weighted by Crippen LogP contribution is -2.83. The van der Waals surface area contributed by atoms with Crippen LogP contribution in [-0.2, 0) is 23.8 Å². The summed E-state index contributed by atoms with van der Waals surface area (Å²) in [5, 5.41) is 29.7. The van der Waals surface area contributed by atoms with E-state index in [9.17, 15) is 19.8 Å². The molecule has 4 aliphatic heterocycles. The van der Waals surface area contributed by atoms with E-state index in [4.69, 9.17) is 14.2 Å². The number of nitrogens with one attached hydrogen (secondary N) is 2. The molecular weight excluding hydrogens is 472 g/mol. The van der Waals surface area contributed by atoms with Crippen LogP contribution in [0.25, 0.3) is 10.8 Å². The first-order valence-corrected chi connectivity index (χ1v) is 12.6. The van der Waals surface area contributed by atoms with Crippen LogP contribution in [0.4, 0.5) is 0 Å². The normalized spacial score (nSPS) is 35.3. The van der Waals surface area contributed by atoms with Crippen LogP contribution in [0.1, 0.15) is 27.2 Å². The molecule has 0 radical (unpaired) electrons. The van der Waals surface area contributed by atoms with Gasteiger partial charge in [0.1, 0.15) is 11.7 Å². The summed E-state index contributed by atoms with van der Waals surface area (Å²) in [6, 6.07) is 14.0. The van der Waals surface area contributed by atoms with Crippen LogP contribution in [-0.4, -0.2) is 69.9 Å². The Morgan fingerprint density at radius 2 is 1.80 bits per heavy atom. The molecule has 0 aliphatic carbocycles. The van der Waals surface area contributed by atoms with Crippen LogP contribution in [0, 0.1) is 5.92 Å². The second kappa shape index (κ2) is 8.43. The second-order valence-electron chi connectivity index (χ2n) is 10.0. The van der Waals surface area contributed by atoms with Crippen LogP contribution >= 0.6 is 11.8 Å². The summed E-state index contributed by atoms with van der Waals surface area (Å²) in [6.45, 7) is 5.00. The maximum absolute atomic E-state index is 13.3. The van der Waals surface area contributed by atoms with Crippen molar-refractivity contribution >= 4 is 34.3 Å². The van der Waals surface area contributed by atoms with Crippen molar-refractivity contribution in [3.05, 3.63) is 42.5 Å². The number of hydrogen-bond acceptors (Lipinski definition) is 8. The van der Waals surface area contributed by atoms with Crippen molar-refractivity contribution in [3.63, 3.8) is 0 Å². The standard InChI is InChI=1S/C25H30N2O7S/c1-22(2)33-14-23(3,34-22)19(28)25-21(30)26-24(31,20(29)27-25)16(11-12-32-25)13-35-18-10-6-8-15-7-4-5-9-17(15)18/h4-10,16,19,28,31H,11-14H2,1-3H3,(H,26,30)(H,27,29)/t16?,19-,23-,24+,25-/m0/s1. The van der Waals surface area contributed by atoms with Gasteiger partial charge >= 0.3 is 0 Å². The van der Waals surface area contributed by atoms with E-state index in [0.717, 1.165) is 15.7 Å². The molecule has 1 unspecified atom stereocenters. The molecule has 4 N–H and O–H groups in total. The molecule has 0 spiro atoms. The Labute approximate surface area is 207 Å². The number of hydrogen-bond donors (Lipinski definition) is 4. The molecule has 2 aromatic rings. The number of piperazine rings is 1. The summed E-state index contributed by atoms with van der Waals surface area (Å²) in [5.74, 6) is -2.91. The fourth-order valence-electron chi connectivity index (χ4n) is 5.09. The van der Waals surface area contributed by atoms with Gasteiger partial charge in [0.05, 0.1) is 13.2 Å². The first kappa shape index (κ1) is 24.5. The maximum atomic E-state index is 13.3. The molecule has 188 valence electrons. The zero-order chi connectivity index (χ0) is 25.1. The van der Waals surface area contributed by atoms with Gasteiger partial charge in [-0.25, -0.2) is 0 Å². The molecule has 2 bridgehead atoms. The molecule has 0 aromatic heterocycles. The highest BCUT2D eigenvalue weighted by molar-refractivity contribution is 7.99. The number of carbonyl (C=O) groups excluding carboxylic acids is 2. The number of ether oxygens (including phenoxy) is 3. The summed E-state index contributed by atoms with van der Waals surface area (Å²) in [7, 11) is 0. The number of rotatable bonds is 5. The van der Waals surface area contributed by atoms with E-state index in [1.54, 1.807) is 20.8 Å². The monoisotopic (exact) mass is 502 g/mol. The van der Waals surface area contributed by atoms with Crippen molar-refractivity contribution in [2.45, 2.75) is 61.0 Å². The topological polar surface area (TPSA) is 126 Å². The Hall–Kier alpha value is -2.21. The number of carbonyl (C=O) groups is 2. The largest absolute Gasteiger partial charge is 0.384 e. The molecule has 6 rings (SSSR count). The van der Waals surface area contributed by atoms with E-state index < -0.39 is 46.7 Å². The zero-order valence-corrected chi connectivity index (χ0v) is 20.7. The molecule has 35 heavy (non-hydrogen) atoms. The van der Waals surface area contributed by atoms with Crippen LogP contribution in [0.15, 0.2) is 47.4 Å². The Kier molecular flexibility index (Phi) is 5.90. The van der Waals surface area contributed by atoms with E-state index in [2.05, 4.69) is 10.6 Å². The molecular formula is C25H30N2O7S. The van der Waals surface area contributed by atoms with E-state index in [-0.39, 0.29) is 19.6 Å². The first-order valence-electron chi connectivity index (χ1n) is 11.6.